The van der Waals surface area contributed by atoms with Gasteiger partial charge in [0, 0.05) is 18.7 Å². The molecule has 1 aliphatic rings. The van der Waals surface area contributed by atoms with Gasteiger partial charge in [-0.2, -0.15) is 0 Å². The summed E-state index contributed by atoms with van der Waals surface area (Å²) in [5.41, 5.74) is 1.21. The van der Waals surface area contributed by atoms with Gasteiger partial charge in [0.25, 0.3) is 0 Å². The topological polar surface area (TPSA) is 30.5 Å². The Labute approximate surface area is 122 Å². The number of nitrogens with one attached hydrogen (secondary N) is 1. The number of benzene rings is 1. The molecule has 0 aromatic heterocycles. The molecule has 1 aromatic carbocycles. The van der Waals surface area contributed by atoms with Gasteiger partial charge in [-0.3, -0.25) is 0 Å². The molecule has 1 saturated carbocycles. The second-order valence-electron chi connectivity index (χ2n) is 5.47. The van der Waals surface area contributed by atoms with Gasteiger partial charge in [-0.25, -0.2) is 0 Å². The van der Waals surface area contributed by atoms with Crippen LogP contribution in [0.25, 0.3) is 0 Å². The lowest BCUT2D eigenvalue weighted by atomic mass is 9.98. The predicted molar refractivity (Wildman–Crippen MR) is 82.1 cm³/mol. The molecule has 3 heteroatoms. The van der Waals surface area contributed by atoms with Gasteiger partial charge >= 0.3 is 0 Å². The first kappa shape index (κ1) is 15.3. The number of ether oxygens (including phenoxy) is 2. The summed E-state index contributed by atoms with van der Waals surface area (Å²) in [6.07, 6.45) is 8.20. The van der Waals surface area contributed by atoms with Crippen molar-refractivity contribution >= 4 is 0 Å². The fourth-order valence-corrected chi connectivity index (χ4v) is 2.75. The van der Waals surface area contributed by atoms with Crippen molar-refractivity contribution in [3.05, 3.63) is 29.8 Å². The van der Waals surface area contributed by atoms with E-state index in [0.717, 1.165) is 31.9 Å². The molecule has 0 atom stereocenters. The second-order valence-corrected chi connectivity index (χ2v) is 5.47. The molecule has 0 spiro atoms. The molecule has 20 heavy (non-hydrogen) atoms. The molecule has 0 radical (unpaired) electrons. The molecule has 0 bridgehead atoms. The van der Waals surface area contributed by atoms with Gasteiger partial charge in [0.05, 0.1) is 13.2 Å². The van der Waals surface area contributed by atoms with E-state index in [1.54, 1.807) is 7.11 Å². The van der Waals surface area contributed by atoms with Gasteiger partial charge in [0.1, 0.15) is 5.75 Å². The van der Waals surface area contributed by atoms with Crippen molar-refractivity contribution in [2.75, 3.05) is 20.3 Å². The Balaban J connectivity index is 1.55. The number of rotatable bonds is 8. The van der Waals surface area contributed by atoms with Crippen LogP contribution in [0.1, 0.15) is 44.1 Å². The summed E-state index contributed by atoms with van der Waals surface area (Å²) in [4.78, 5) is 0. The van der Waals surface area contributed by atoms with Gasteiger partial charge in [-0.05, 0) is 31.9 Å². The molecule has 1 N–H and O–H groups in total. The van der Waals surface area contributed by atoms with Crippen LogP contribution in [-0.2, 0) is 11.3 Å². The summed E-state index contributed by atoms with van der Waals surface area (Å²) < 4.78 is 11.3. The fraction of sp³-hybridized carbons (Fsp3) is 0.647. The third-order valence-corrected chi connectivity index (χ3v) is 3.91. The van der Waals surface area contributed by atoms with E-state index in [1.165, 1.54) is 37.7 Å². The third kappa shape index (κ3) is 5.14. The van der Waals surface area contributed by atoms with Crippen molar-refractivity contribution in [1.82, 2.24) is 5.32 Å². The Kier molecular flexibility index (Phi) is 6.89. The lowest BCUT2D eigenvalue weighted by molar-refractivity contribution is 0.0273. The molecule has 0 heterocycles. The second kappa shape index (κ2) is 8.98. The molecule has 0 aliphatic heterocycles. The molecule has 112 valence electrons. The SMILES string of the molecule is COc1ccccc1CNCCCOC1CCCCC1. The first-order chi connectivity index (χ1) is 9.90. The van der Waals surface area contributed by atoms with Crippen molar-refractivity contribution in [2.24, 2.45) is 0 Å². The van der Waals surface area contributed by atoms with Crippen LogP contribution in [-0.4, -0.2) is 26.4 Å². The van der Waals surface area contributed by atoms with Crippen molar-refractivity contribution < 1.29 is 9.47 Å². The summed E-state index contributed by atoms with van der Waals surface area (Å²) in [7, 11) is 1.72. The molecule has 1 fully saturated rings. The van der Waals surface area contributed by atoms with E-state index in [-0.39, 0.29) is 0 Å². The van der Waals surface area contributed by atoms with Crippen LogP contribution in [0.15, 0.2) is 24.3 Å². The van der Waals surface area contributed by atoms with Crippen LogP contribution in [0.2, 0.25) is 0 Å². The Hall–Kier alpha value is -1.06. The van der Waals surface area contributed by atoms with Gasteiger partial charge in [0.15, 0.2) is 0 Å². The Morgan fingerprint density at radius 1 is 1.15 bits per heavy atom. The van der Waals surface area contributed by atoms with Crippen molar-refractivity contribution in [2.45, 2.75) is 51.2 Å². The Morgan fingerprint density at radius 3 is 2.75 bits per heavy atom. The number of methoxy groups -OCH3 is 1. The highest BCUT2D eigenvalue weighted by molar-refractivity contribution is 5.32. The number of hydrogen-bond donors (Lipinski definition) is 1. The lowest BCUT2D eigenvalue weighted by Gasteiger charge is -2.21. The van der Waals surface area contributed by atoms with E-state index >= 15 is 0 Å². The maximum absolute atomic E-state index is 5.92. The lowest BCUT2D eigenvalue weighted by Crippen LogP contribution is -2.20. The van der Waals surface area contributed by atoms with E-state index in [4.69, 9.17) is 9.47 Å². The molecule has 0 unspecified atom stereocenters. The van der Waals surface area contributed by atoms with E-state index < -0.39 is 0 Å². The predicted octanol–water partition coefficient (Wildman–Crippen LogP) is 3.52. The first-order valence-corrected chi connectivity index (χ1v) is 7.84. The minimum atomic E-state index is 0.526. The quantitative estimate of drug-likeness (QED) is 0.737. The maximum Gasteiger partial charge on any atom is 0.123 e. The van der Waals surface area contributed by atoms with Crippen LogP contribution in [0, 0.1) is 0 Å². The van der Waals surface area contributed by atoms with Crippen LogP contribution >= 0.6 is 0 Å². The zero-order chi connectivity index (χ0) is 14.0. The first-order valence-electron chi connectivity index (χ1n) is 7.84. The molecular weight excluding hydrogens is 250 g/mol. The number of hydrogen-bond acceptors (Lipinski definition) is 3. The highest BCUT2D eigenvalue weighted by Crippen LogP contribution is 2.20. The van der Waals surface area contributed by atoms with Gasteiger partial charge in [-0.15, -0.1) is 0 Å². The summed E-state index contributed by atoms with van der Waals surface area (Å²) in [6, 6.07) is 8.15. The van der Waals surface area contributed by atoms with Crippen LogP contribution in [0.3, 0.4) is 0 Å². The Bertz CT molecular complexity index is 375. The summed E-state index contributed by atoms with van der Waals surface area (Å²) in [6.45, 7) is 2.72. The zero-order valence-corrected chi connectivity index (χ0v) is 12.6. The van der Waals surface area contributed by atoms with E-state index in [9.17, 15) is 0 Å². The van der Waals surface area contributed by atoms with Crippen LogP contribution in [0.5, 0.6) is 5.75 Å². The summed E-state index contributed by atoms with van der Waals surface area (Å²) in [5.74, 6) is 0.957. The standard InChI is InChI=1S/C17H27NO2/c1-19-17-11-6-5-8-15(17)14-18-12-7-13-20-16-9-3-2-4-10-16/h5-6,8,11,16,18H,2-4,7,9-10,12-14H2,1H3. The molecule has 1 aliphatic carbocycles. The molecule has 2 rings (SSSR count). The summed E-state index contributed by atoms with van der Waals surface area (Å²) in [5, 5.41) is 3.45. The van der Waals surface area contributed by atoms with Crippen LogP contribution in [0.4, 0.5) is 0 Å². The average Bonchev–Trinajstić information content (AvgIpc) is 2.52. The minimum absolute atomic E-state index is 0.526. The van der Waals surface area contributed by atoms with Crippen molar-refractivity contribution in [1.29, 1.82) is 0 Å². The van der Waals surface area contributed by atoms with Gasteiger partial charge in [-0.1, -0.05) is 37.5 Å². The monoisotopic (exact) mass is 277 g/mol. The largest absolute Gasteiger partial charge is 0.496 e. The fourth-order valence-electron chi connectivity index (χ4n) is 2.75. The summed E-state index contributed by atoms with van der Waals surface area (Å²) >= 11 is 0. The van der Waals surface area contributed by atoms with Gasteiger partial charge in [0.2, 0.25) is 0 Å². The highest BCUT2D eigenvalue weighted by Gasteiger charge is 2.12. The Morgan fingerprint density at radius 2 is 1.95 bits per heavy atom. The molecule has 1 aromatic rings. The normalized spacial score (nSPS) is 16.2. The molecule has 0 amide bonds. The van der Waals surface area contributed by atoms with E-state index in [2.05, 4.69) is 11.4 Å². The zero-order valence-electron chi connectivity index (χ0n) is 12.6. The van der Waals surface area contributed by atoms with Gasteiger partial charge < -0.3 is 14.8 Å². The third-order valence-electron chi connectivity index (χ3n) is 3.91. The van der Waals surface area contributed by atoms with Crippen molar-refractivity contribution in [3.63, 3.8) is 0 Å². The molecule has 0 saturated heterocycles. The van der Waals surface area contributed by atoms with E-state index in [0.29, 0.717) is 6.10 Å². The van der Waals surface area contributed by atoms with E-state index in [1.807, 2.05) is 18.2 Å². The van der Waals surface area contributed by atoms with Crippen molar-refractivity contribution in [3.8, 4) is 5.75 Å². The smallest absolute Gasteiger partial charge is 0.123 e. The maximum atomic E-state index is 5.92. The van der Waals surface area contributed by atoms with Crippen LogP contribution < -0.4 is 10.1 Å². The molecule has 3 nitrogen and oxygen atoms in total. The average molecular weight is 277 g/mol. The number of para-hydroxylation sites is 1. The highest BCUT2D eigenvalue weighted by atomic mass is 16.5. The minimum Gasteiger partial charge on any atom is -0.496 e. The molecular formula is C17H27NO2.